The second-order valence-electron chi connectivity index (χ2n) is 4.99. The van der Waals surface area contributed by atoms with E-state index in [1.807, 2.05) is 30.3 Å². The van der Waals surface area contributed by atoms with E-state index in [2.05, 4.69) is 5.32 Å². The van der Waals surface area contributed by atoms with Gasteiger partial charge in [-0.1, -0.05) is 30.3 Å². The van der Waals surface area contributed by atoms with E-state index in [9.17, 15) is 14.7 Å². The summed E-state index contributed by atoms with van der Waals surface area (Å²) in [4.78, 5) is 24.5. The lowest BCUT2D eigenvalue weighted by Crippen LogP contribution is -2.11. The summed E-state index contributed by atoms with van der Waals surface area (Å²) in [5.41, 5.74) is 1.68. The van der Waals surface area contributed by atoms with Crippen LogP contribution in [0.2, 0.25) is 0 Å². The molecule has 2 rings (SSSR count). The Hall–Kier alpha value is -2.18. The highest BCUT2D eigenvalue weighted by molar-refractivity contribution is 7.17. The van der Waals surface area contributed by atoms with Crippen molar-refractivity contribution in [3.63, 3.8) is 0 Å². The first-order chi connectivity index (χ1) is 11.0. The summed E-state index contributed by atoms with van der Waals surface area (Å²) >= 11 is 1.19. The van der Waals surface area contributed by atoms with Crippen LogP contribution in [0, 0.1) is 0 Å². The fourth-order valence-electron chi connectivity index (χ4n) is 2.28. The third kappa shape index (κ3) is 3.78. The number of benzene rings is 1. The summed E-state index contributed by atoms with van der Waals surface area (Å²) < 4.78 is 5.14. The third-order valence-electron chi connectivity index (χ3n) is 3.15. The maximum absolute atomic E-state index is 12.4. The molecule has 0 aliphatic rings. The number of rotatable bonds is 5. The fourth-order valence-corrected chi connectivity index (χ4v) is 3.47. The lowest BCUT2D eigenvalue weighted by atomic mass is 9.99. The van der Waals surface area contributed by atoms with Crippen LogP contribution >= 0.6 is 11.3 Å². The molecule has 122 valence electrons. The monoisotopic (exact) mass is 333 g/mol. The van der Waals surface area contributed by atoms with E-state index in [0.717, 1.165) is 5.56 Å². The Morgan fingerprint density at radius 3 is 2.48 bits per heavy atom. The van der Waals surface area contributed by atoms with Crippen LogP contribution in [0.15, 0.2) is 30.3 Å². The number of hydrogen-bond acceptors (Lipinski definition) is 5. The molecule has 0 saturated carbocycles. The number of hydrogen-bond donors (Lipinski definition) is 2. The molecule has 2 N–H and O–H groups in total. The number of nitrogens with one attached hydrogen (secondary N) is 1. The van der Waals surface area contributed by atoms with Crippen LogP contribution < -0.4 is 5.32 Å². The molecule has 1 aromatic heterocycles. The number of amides is 1. The molecule has 2 aromatic rings. The molecule has 0 unspecified atom stereocenters. The number of carbonyl (C=O) groups excluding carboxylic acids is 2. The molecule has 0 spiro atoms. The van der Waals surface area contributed by atoms with Gasteiger partial charge in [0.2, 0.25) is 5.91 Å². The first-order valence-electron chi connectivity index (χ1n) is 7.30. The van der Waals surface area contributed by atoms with Gasteiger partial charge in [0.25, 0.3) is 0 Å². The second-order valence-corrected chi connectivity index (χ2v) is 6.04. The largest absolute Gasteiger partial charge is 0.462 e. The number of aliphatic hydroxyl groups excluding tert-OH is 1. The van der Waals surface area contributed by atoms with Crippen molar-refractivity contribution in [1.82, 2.24) is 0 Å². The maximum Gasteiger partial charge on any atom is 0.341 e. The van der Waals surface area contributed by atoms with Crippen molar-refractivity contribution in [2.75, 3.05) is 11.9 Å². The molecule has 0 bridgehead atoms. The molecule has 0 aliphatic carbocycles. The van der Waals surface area contributed by atoms with Crippen LogP contribution in [0.25, 0.3) is 11.1 Å². The van der Waals surface area contributed by atoms with Crippen molar-refractivity contribution in [3.8, 4) is 11.1 Å². The first kappa shape index (κ1) is 17.2. The highest BCUT2D eigenvalue weighted by Crippen LogP contribution is 2.43. The molecule has 0 saturated heterocycles. The van der Waals surface area contributed by atoms with E-state index in [-0.39, 0.29) is 18.1 Å². The highest BCUT2D eigenvalue weighted by atomic mass is 32.1. The number of ether oxygens (including phenoxy) is 1. The lowest BCUT2D eigenvalue weighted by Gasteiger charge is -2.10. The zero-order chi connectivity index (χ0) is 17.0. The van der Waals surface area contributed by atoms with E-state index in [0.29, 0.717) is 15.4 Å². The summed E-state index contributed by atoms with van der Waals surface area (Å²) in [5.74, 6) is -0.799. The van der Waals surface area contributed by atoms with Gasteiger partial charge in [-0.05, 0) is 19.4 Å². The zero-order valence-corrected chi connectivity index (χ0v) is 14.1. The summed E-state index contributed by atoms with van der Waals surface area (Å²) in [6, 6.07) is 9.29. The van der Waals surface area contributed by atoms with Crippen molar-refractivity contribution in [2.24, 2.45) is 0 Å². The van der Waals surface area contributed by atoms with Gasteiger partial charge in [0.15, 0.2) is 0 Å². The van der Waals surface area contributed by atoms with E-state index >= 15 is 0 Å². The molecule has 1 aromatic carbocycles. The van der Waals surface area contributed by atoms with E-state index in [1.165, 1.54) is 18.3 Å². The molecule has 6 heteroatoms. The molecular formula is C17H19NO4S. The van der Waals surface area contributed by atoms with Crippen molar-refractivity contribution >= 4 is 28.2 Å². The Morgan fingerprint density at radius 1 is 1.30 bits per heavy atom. The van der Waals surface area contributed by atoms with Crippen LogP contribution in [0.1, 0.15) is 42.1 Å². The van der Waals surface area contributed by atoms with Gasteiger partial charge in [-0.3, -0.25) is 4.79 Å². The van der Waals surface area contributed by atoms with Gasteiger partial charge >= 0.3 is 5.97 Å². The van der Waals surface area contributed by atoms with Crippen LogP contribution in [-0.2, 0) is 9.53 Å². The normalized spacial score (nSPS) is 11.8. The van der Waals surface area contributed by atoms with Crippen molar-refractivity contribution in [3.05, 3.63) is 40.8 Å². The topological polar surface area (TPSA) is 75.6 Å². The number of esters is 1. The molecule has 23 heavy (non-hydrogen) atoms. The van der Waals surface area contributed by atoms with E-state index in [4.69, 9.17) is 4.74 Å². The highest BCUT2D eigenvalue weighted by Gasteiger charge is 2.28. The Labute approximate surface area is 138 Å². The Bertz CT molecular complexity index is 707. The molecule has 0 aliphatic heterocycles. The minimum Gasteiger partial charge on any atom is -0.462 e. The average Bonchev–Trinajstić information content (AvgIpc) is 2.87. The minimum atomic E-state index is -0.772. The summed E-state index contributed by atoms with van der Waals surface area (Å²) in [6.45, 7) is 4.95. The van der Waals surface area contributed by atoms with Gasteiger partial charge in [-0.15, -0.1) is 11.3 Å². The summed E-state index contributed by atoms with van der Waals surface area (Å²) in [6.07, 6.45) is -0.772. The van der Waals surface area contributed by atoms with Gasteiger partial charge in [0.05, 0.1) is 12.7 Å². The molecule has 0 fully saturated rings. The molecule has 1 heterocycles. The SMILES string of the molecule is CCOC(=O)c1c(NC(C)=O)sc([C@@H](C)O)c1-c1ccccc1. The van der Waals surface area contributed by atoms with Crippen molar-refractivity contribution in [2.45, 2.75) is 26.9 Å². The second kappa shape index (κ2) is 7.39. The Kier molecular flexibility index (Phi) is 5.52. The Balaban J connectivity index is 2.71. The summed E-state index contributed by atoms with van der Waals surface area (Å²) in [5, 5.41) is 13.2. The van der Waals surface area contributed by atoms with Crippen LogP contribution in [0.4, 0.5) is 5.00 Å². The first-order valence-corrected chi connectivity index (χ1v) is 8.12. The number of aliphatic hydroxyl groups is 1. The van der Waals surface area contributed by atoms with E-state index < -0.39 is 12.1 Å². The van der Waals surface area contributed by atoms with Crippen LogP contribution in [0.5, 0.6) is 0 Å². The van der Waals surface area contributed by atoms with E-state index in [1.54, 1.807) is 13.8 Å². The van der Waals surface area contributed by atoms with Crippen LogP contribution in [-0.4, -0.2) is 23.6 Å². The number of anilines is 1. The molecule has 0 radical (unpaired) electrons. The average molecular weight is 333 g/mol. The molecule has 5 nitrogen and oxygen atoms in total. The molecular weight excluding hydrogens is 314 g/mol. The third-order valence-corrected chi connectivity index (χ3v) is 4.42. The molecule has 1 amide bonds. The molecule has 1 atom stereocenters. The van der Waals surface area contributed by atoms with Crippen molar-refractivity contribution < 1.29 is 19.4 Å². The fraction of sp³-hybridized carbons (Fsp3) is 0.294. The number of carbonyl (C=O) groups is 2. The van der Waals surface area contributed by atoms with Gasteiger partial charge < -0.3 is 15.2 Å². The number of thiophene rings is 1. The predicted molar refractivity (Wildman–Crippen MR) is 90.6 cm³/mol. The van der Waals surface area contributed by atoms with Gasteiger partial charge in [-0.2, -0.15) is 0 Å². The predicted octanol–water partition coefficient (Wildman–Crippen LogP) is 3.60. The smallest absolute Gasteiger partial charge is 0.341 e. The maximum atomic E-state index is 12.4. The zero-order valence-electron chi connectivity index (χ0n) is 13.3. The quantitative estimate of drug-likeness (QED) is 0.820. The standard InChI is InChI=1S/C17H19NO4S/c1-4-22-17(21)14-13(12-8-6-5-7-9-12)15(10(2)19)23-16(14)18-11(3)20/h5-10,19H,4H2,1-3H3,(H,18,20)/t10-/m1/s1. The van der Waals surface area contributed by atoms with Gasteiger partial charge in [0.1, 0.15) is 10.6 Å². The van der Waals surface area contributed by atoms with Crippen LogP contribution in [0.3, 0.4) is 0 Å². The van der Waals surface area contributed by atoms with Gasteiger partial charge in [0, 0.05) is 17.4 Å². The Morgan fingerprint density at radius 2 is 1.96 bits per heavy atom. The van der Waals surface area contributed by atoms with Crippen molar-refractivity contribution in [1.29, 1.82) is 0 Å². The summed E-state index contributed by atoms with van der Waals surface area (Å²) in [7, 11) is 0. The van der Waals surface area contributed by atoms with Gasteiger partial charge in [-0.25, -0.2) is 4.79 Å². The lowest BCUT2D eigenvalue weighted by molar-refractivity contribution is -0.114. The minimum absolute atomic E-state index is 0.229.